The van der Waals surface area contributed by atoms with Gasteiger partial charge in [-0.2, -0.15) is 0 Å². The van der Waals surface area contributed by atoms with Gasteiger partial charge >= 0.3 is 5.69 Å². The number of carbonyl (C=O) groups is 1. The zero-order valence-electron chi connectivity index (χ0n) is 9.04. The van der Waals surface area contributed by atoms with Crippen molar-refractivity contribution in [1.29, 1.82) is 0 Å². The third-order valence-electron chi connectivity index (χ3n) is 2.37. The predicted molar refractivity (Wildman–Crippen MR) is 59.3 cm³/mol. The van der Waals surface area contributed by atoms with Crippen molar-refractivity contribution in [3.8, 4) is 5.75 Å². The molecule has 0 amide bonds. The number of hydrogen-bond donors (Lipinski definition) is 0. The van der Waals surface area contributed by atoms with Crippen LogP contribution in [0.2, 0.25) is 0 Å². The Morgan fingerprint density at radius 2 is 2.06 bits per heavy atom. The molecule has 1 aromatic carbocycles. The summed E-state index contributed by atoms with van der Waals surface area (Å²) in [6.07, 6.45) is 0. The summed E-state index contributed by atoms with van der Waals surface area (Å²) in [6, 6.07) is 1.48. The Labute approximate surface area is 97.1 Å². The fraction of sp³-hybridized carbons (Fsp3) is 0.300. The molecule has 6 heteroatoms. The van der Waals surface area contributed by atoms with Gasteiger partial charge in [0.05, 0.1) is 17.6 Å². The number of hydrogen-bond acceptors (Lipinski definition) is 4. The number of nitrogens with zero attached hydrogens (tertiary/aromatic N) is 1. The summed E-state index contributed by atoms with van der Waals surface area (Å²) >= 11 is 5.35. The molecule has 0 heterocycles. The van der Waals surface area contributed by atoms with Crippen LogP contribution in [-0.4, -0.2) is 17.3 Å². The first-order valence-corrected chi connectivity index (χ1v) is 4.80. The van der Waals surface area contributed by atoms with Crippen molar-refractivity contribution in [3.63, 3.8) is 0 Å². The zero-order valence-corrected chi connectivity index (χ0v) is 9.79. The highest BCUT2D eigenvalue weighted by Gasteiger charge is 2.26. The van der Waals surface area contributed by atoms with E-state index in [1.165, 1.54) is 13.2 Å². The topological polar surface area (TPSA) is 69.4 Å². The predicted octanol–water partition coefficient (Wildman–Crippen LogP) is 2.60. The van der Waals surface area contributed by atoms with Gasteiger partial charge in [0, 0.05) is 5.56 Å². The van der Waals surface area contributed by atoms with E-state index < -0.39 is 10.2 Å². The van der Waals surface area contributed by atoms with E-state index in [0.717, 1.165) is 0 Å². The van der Waals surface area contributed by atoms with Crippen LogP contribution < -0.4 is 4.74 Å². The van der Waals surface area contributed by atoms with Gasteiger partial charge in [0.2, 0.25) is 5.75 Å². The summed E-state index contributed by atoms with van der Waals surface area (Å²) in [4.78, 5) is 21.4. The molecular weight excluding hydrogens is 234 g/mol. The zero-order chi connectivity index (χ0) is 12.5. The Kier molecular flexibility index (Phi) is 3.49. The van der Waals surface area contributed by atoms with Gasteiger partial charge in [-0.25, -0.2) is 0 Å². The largest absolute Gasteiger partial charge is 0.490 e. The number of ether oxygens (including phenoxy) is 1. The molecule has 0 aliphatic carbocycles. The normalized spacial score (nSPS) is 10.0. The molecule has 0 N–H and O–H groups in total. The first-order valence-electron chi connectivity index (χ1n) is 4.42. The number of rotatable bonds is 3. The Hall–Kier alpha value is -1.62. The molecule has 0 fully saturated rings. The SMILES string of the molecule is COc1c(C(=O)Cl)cc(C)c(C)c1[N+](=O)[O-]. The van der Waals surface area contributed by atoms with Crippen LogP contribution in [0.1, 0.15) is 21.5 Å². The van der Waals surface area contributed by atoms with E-state index in [2.05, 4.69) is 0 Å². The van der Waals surface area contributed by atoms with Crippen molar-refractivity contribution in [3.05, 3.63) is 32.9 Å². The molecule has 0 aliphatic heterocycles. The highest BCUT2D eigenvalue weighted by atomic mass is 35.5. The smallest absolute Gasteiger partial charge is 0.314 e. The second-order valence-corrected chi connectivity index (χ2v) is 3.62. The van der Waals surface area contributed by atoms with Gasteiger partial charge in [-0.1, -0.05) is 0 Å². The van der Waals surface area contributed by atoms with Crippen molar-refractivity contribution in [2.24, 2.45) is 0 Å². The van der Waals surface area contributed by atoms with Crippen LogP contribution in [0, 0.1) is 24.0 Å². The number of nitro benzene ring substituents is 1. The molecule has 0 atom stereocenters. The van der Waals surface area contributed by atoms with Crippen molar-refractivity contribution >= 4 is 22.5 Å². The first-order chi connectivity index (χ1) is 7.40. The maximum atomic E-state index is 11.1. The molecule has 16 heavy (non-hydrogen) atoms. The van der Waals surface area contributed by atoms with Crippen LogP contribution in [0.4, 0.5) is 5.69 Å². The number of carbonyl (C=O) groups excluding carboxylic acids is 1. The lowest BCUT2D eigenvalue weighted by atomic mass is 10.0. The highest BCUT2D eigenvalue weighted by Crippen LogP contribution is 2.36. The van der Waals surface area contributed by atoms with E-state index >= 15 is 0 Å². The quantitative estimate of drug-likeness (QED) is 0.465. The Bertz CT molecular complexity index is 470. The molecule has 0 saturated heterocycles. The van der Waals surface area contributed by atoms with Gasteiger partial charge in [0.25, 0.3) is 5.24 Å². The van der Waals surface area contributed by atoms with Gasteiger partial charge < -0.3 is 4.74 Å². The van der Waals surface area contributed by atoms with Gasteiger partial charge in [-0.3, -0.25) is 14.9 Å². The van der Waals surface area contributed by atoms with Crippen LogP contribution in [0.15, 0.2) is 6.07 Å². The standard InChI is InChI=1S/C10H10ClNO4/c1-5-4-7(10(11)13)9(16-3)8(6(5)2)12(14)15/h4H,1-3H3. The summed E-state index contributed by atoms with van der Waals surface area (Å²) in [5.74, 6) is -0.0897. The molecule has 5 nitrogen and oxygen atoms in total. The van der Waals surface area contributed by atoms with Crippen LogP contribution in [0.5, 0.6) is 5.75 Å². The molecule has 0 bridgehead atoms. The third-order valence-corrected chi connectivity index (χ3v) is 2.57. The average Bonchev–Trinajstić information content (AvgIpc) is 2.20. The minimum atomic E-state index is -0.775. The Morgan fingerprint density at radius 3 is 2.44 bits per heavy atom. The lowest BCUT2D eigenvalue weighted by molar-refractivity contribution is -0.386. The minimum Gasteiger partial charge on any atom is -0.490 e. The fourth-order valence-electron chi connectivity index (χ4n) is 1.45. The number of methoxy groups -OCH3 is 1. The van der Waals surface area contributed by atoms with Crippen molar-refractivity contribution in [1.82, 2.24) is 0 Å². The summed E-state index contributed by atoms with van der Waals surface area (Å²) in [5.41, 5.74) is 0.880. The van der Waals surface area contributed by atoms with E-state index in [-0.39, 0.29) is 17.0 Å². The second kappa shape index (κ2) is 4.49. The number of halogens is 1. The van der Waals surface area contributed by atoms with Gasteiger partial charge in [0.15, 0.2) is 0 Å². The molecule has 0 saturated carbocycles. The maximum absolute atomic E-state index is 11.1. The monoisotopic (exact) mass is 243 g/mol. The minimum absolute atomic E-state index is 0.0129. The lowest BCUT2D eigenvalue weighted by Gasteiger charge is -2.10. The Balaban J connectivity index is 3.68. The van der Waals surface area contributed by atoms with E-state index in [1.807, 2.05) is 0 Å². The second-order valence-electron chi connectivity index (χ2n) is 3.28. The number of nitro groups is 1. The van der Waals surface area contributed by atoms with Gasteiger partial charge in [-0.05, 0) is 37.1 Å². The maximum Gasteiger partial charge on any atom is 0.314 e. The molecule has 0 radical (unpaired) electrons. The summed E-state index contributed by atoms with van der Waals surface area (Å²) in [7, 11) is 1.26. The lowest BCUT2D eigenvalue weighted by Crippen LogP contribution is -2.04. The highest BCUT2D eigenvalue weighted by molar-refractivity contribution is 6.68. The number of benzene rings is 1. The van der Waals surface area contributed by atoms with Crippen molar-refractivity contribution in [2.45, 2.75) is 13.8 Å². The number of aryl methyl sites for hydroxylation is 1. The van der Waals surface area contributed by atoms with Gasteiger partial charge in [0.1, 0.15) is 0 Å². The van der Waals surface area contributed by atoms with E-state index in [4.69, 9.17) is 16.3 Å². The van der Waals surface area contributed by atoms with Crippen LogP contribution >= 0.6 is 11.6 Å². The van der Waals surface area contributed by atoms with Gasteiger partial charge in [-0.15, -0.1) is 0 Å². The molecular formula is C10H10ClNO4. The summed E-state index contributed by atoms with van der Waals surface area (Å²) in [5, 5.41) is 10.1. The molecule has 0 aromatic heterocycles. The molecule has 1 rings (SSSR count). The van der Waals surface area contributed by atoms with Crippen LogP contribution in [-0.2, 0) is 0 Å². The molecule has 86 valence electrons. The van der Waals surface area contributed by atoms with E-state index in [1.54, 1.807) is 13.8 Å². The molecule has 1 aromatic rings. The van der Waals surface area contributed by atoms with Crippen LogP contribution in [0.25, 0.3) is 0 Å². The summed E-state index contributed by atoms with van der Waals surface area (Å²) in [6.45, 7) is 3.27. The molecule has 0 unspecified atom stereocenters. The summed E-state index contributed by atoms with van der Waals surface area (Å²) < 4.78 is 4.89. The third kappa shape index (κ3) is 1.99. The fourth-order valence-corrected chi connectivity index (χ4v) is 1.59. The van der Waals surface area contributed by atoms with Crippen molar-refractivity contribution < 1.29 is 14.5 Å². The molecule has 0 spiro atoms. The molecule has 0 aliphatic rings. The van der Waals surface area contributed by atoms with E-state index in [9.17, 15) is 14.9 Å². The average molecular weight is 244 g/mol. The van der Waals surface area contributed by atoms with E-state index in [0.29, 0.717) is 11.1 Å². The van der Waals surface area contributed by atoms with Crippen LogP contribution in [0.3, 0.4) is 0 Å². The first kappa shape index (κ1) is 12.4. The Morgan fingerprint density at radius 1 is 1.50 bits per heavy atom. The van der Waals surface area contributed by atoms with Crippen molar-refractivity contribution in [2.75, 3.05) is 7.11 Å².